The molecule has 1 aromatic heterocycles. The lowest BCUT2D eigenvalue weighted by Gasteiger charge is -2.34. The van der Waals surface area contributed by atoms with Crippen LogP contribution in [0.2, 0.25) is 0 Å². The number of aromatic nitrogens is 3. The van der Waals surface area contributed by atoms with Crippen molar-refractivity contribution in [2.75, 3.05) is 19.7 Å². The summed E-state index contributed by atoms with van der Waals surface area (Å²) in [6.07, 6.45) is 0.586. The van der Waals surface area contributed by atoms with E-state index in [1.807, 2.05) is 6.92 Å². The molecule has 2 aliphatic heterocycles. The molecule has 116 valence electrons. The topological polar surface area (TPSA) is 80.3 Å². The number of hydrogen-bond acceptors (Lipinski definition) is 6. The van der Waals surface area contributed by atoms with Gasteiger partial charge in [-0.1, -0.05) is 13.8 Å². The number of nitrogens with one attached hydrogen (secondary N) is 1. The summed E-state index contributed by atoms with van der Waals surface area (Å²) in [5.41, 5.74) is 0. The number of hydrogen-bond donors (Lipinski definition) is 1. The Morgan fingerprint density at radius 3 is 2.86 bits per heavy atom. The molecule has 1 aromatic rings. The van der Waals surface area contributed by atoms with Crippen molar-refractivity contribution in [1.82, 2.24) is 20.1 Å². The minimum absolute atomic E-state index is 0.00150. The lowest BCUT2D eigenvalue weighted by atomic mass is 10.1. The molecule has 0 amide bonds. The monoisotopic (exact) mass is 294 g/mol. The third-order valence-corrected chi connectivity index (χ3v) is 4.02. The highest BCUT2D eigenvalue weighted by atomic mass is 16.6. The second-order valence-corrected chi connectivity index (χ2v) is 6.09. The van der Waals surface area contributed by atoms with Crippen molar-refractivity contribution >= 4 is 5.97 Å². The standard InChI is InChI=1S/C14H22N4O3/c1-8(2)12-15-13(17-16-12)11-7-18(4-5-20-11)10-6-9(3)21-14(10)19/h8-11H,4-7H2,1-3H3,(H,15,16,17)/t9-,10+,11-/m1/s1. The number of carbonyl (C=O) groups excluding carboxylic acids is 1. The number of carbonyl (C=O) groups is 1. The van der Waals surface area contributed by atoms with E-state index in [2.05, 4.69) is 33.9 Å². The Morgan fingerprint density at radius 1 is 1.43 bits per heavy atom. The van der Waals surface area contributed by atoms with Gasteiger partial charge in [-0.05, 0) is 6.92 Å². The van der Waals surface area contributed by atoms with Crippen molar-refractivity contribution < 1.29 is 14.3 Å². The molecule has 0 aromatic carbocycles. The van der Waals surface area contributed by atoms with Gasteiger partial charge in [0.1, 0.15) is 18.2 Å². The molecule has 1 N–H and O–H groups in total. The van der Waals surface area contributed by atoms with E-state index in [4.69, 9.17) is 9.47 Å². The maximum atomic E-state index is 11.9. The van der Waals surface area contributed by atoms with Crippen molar-refractivity contribution in [2.45, 2.75) is 51.4 Å². The Labute approximate surface area is 124 Å². The molecule has 3 atom stereocenters. The van der Waals surface area contributed by atoms with Crippen LogP contribution in [0.1, 0.15) is 50.9 Å². The Kier molecular flexibility index (Phi) is 3.95. The molecule has 7 nitrogen and oxygen atoms in total. The molecular weight excluding hydrogens is 272 g/mol. The smallest absolute Gasteiger partial charge is 0.323 e. The lowest BCUT2D eigenvalue weighted by molar-refractivity contribution is -0.147. The van der Waals surface area contributed by atoms with Gasteiger partial charge in [0.15, 0.2) is 11.6 Å². The second kappa shape index (κ2) is 5.73. The van der Waals surface area contributed by atoms with E-state index in [0.717, 1.165) is 24.6 Å². The van der Waals surface area contributed by atoms with E-state index in [-0.39, 0.29) is 30.1 Å². The summed E-state index contributed by atoms with van der Waals surface area (Å²) in [5, 5.41) is 7.17. The van der Waals surface area contributed by atoms with E-state index in [0.29, 0.717) is 13.2 Å². The minimum atomic E-state index is -0.164. The van der Waals surface area contributed by atoms with Crippen molar-refractivity contribution in [2.24, 2.45) is 0 Å². The first kappa shape index (κ1) is 14.5. The van der Waals surface area contributed by atoms with Crippen LogP contribution in [0, 0.1) is 0 Å². The highest BCUT2D eigenvalue weighted by Crippen LogP contribution is 2.26. The molecule has 2 saturated heterocycles. The van der Waals surface area contributed by atoms with Gasteiger partial charge in [-0.2, -0.15) is 5.10 Å². The molecule has 3 rings (SSSR count). The van der Waals surface area contributed by atoms with Gasteiger partial charge in [0, 0.05) is 25.4 Å². The first-order chi connectivity index (χ1) is 10.0. The van der Waals surface area contributed by atoms with Gasteiger partial charge in [-0.15, -0.1) is 0 Å². The van der Waals surface area contributed by atoms with Crippen LogP contribution in [-0.2, 0) is 14.3 Å². The van der Waals surface area contributed by atoms with Gasteiger partial charge in [0.05, 0.1) is 6.61 Å². The second-order valence-electron chi connectivity index (χ2n) is 6.09. The zero-order valence-electron chi connectivity index (χ0n) is 12.7. The van der Waals surface area contributed by atoms with Crippen molar-refractivity contribution in [1.29, 1.82) is 0 Å². The first-order valence-electron chi connectivity index (χ1n) is 7.53. The normalized spacial score (nSPS) is 30.9. The van der Waals surface area contributed by atoms with E-state index in [9.17, 15) is 4.79 Å². The van der Waals surface area contributed by atoms with E-state index in [1.54, 1.807) is 0 Å². The summed E-state index contributed by atoms with van der Waals surface area (Å²) < 4.78 is 11.0. The first-order valence-corrected chi connectivity index (χ1v) is 7.53. The number of H-pyrrole nitrogens is 1. The number of morpholine rings is 1. The van der Waals surface area contributed by atoms with Crippen LogP contribution >= 0.6 is 0 Å². The number of esters is 1. The molecule has 0 bridgehead atoms. The molecular formula is C14H22N4O3. The molecule has 0 aliphatic carbocycles. The van der Waals surface area contributed by atoms with E-state index >= 15 is 0 Å². The predicted molar refractivity (Wildman–Crippen MR) is 74.7 cm³/mol. The maximum Gasteiger partial charge on any atom is 0.323 e. The van der Waals surface area contributed by atoms with Gasteiger partial charge in [0.2, 0.25) is 0 Å². The van der Waals surface area contributed by atoms with Gasteiger partial charge in [-0.25, -0.2) is 4.98 Å². The summed E-state index contributed by atoms with van der Waals surface area (Å²) in [7, 11) is 0. The average Bonchev–Trinajstić information content (AvgIpc) is 3.06. The molecule has 21 heavy (non-hydrogen) atoms. The van der Waals surface area contributed by atoms with Crippen molar-refractivity contribution in [3.63, 3.8) is 0 Å². The molecule has 0 saturated carbocycles. The Bertz CT molecular complexity index is 516. The molecule has 2 fully saturated rings. The number of cyclic esters (lactones) is 1. The van der Waals surface area contributed by atoms with Crippen LogP contribution in [0.15, 0.2) is 0 Å². The van der Waals surface area contributed by atoms with Crippen molar-refractivity contribution in [3.8, 4) is 0 Å². The SMILES string of the molecule is CC(C)c1n[nH]c([C@H]2CN([C@H]3C[C@@H](C)OC3=O)CCO2)n1. The minimum Gasteiger partial charge on any atom is -0.461 e. The summed E-state index contributed by atoms with van der Waals surface area (Å²) >= 11 is 0. The summed E-state index contributed by atoms with van der Waals surface area (Å²) in [6.45, 7) is 8.00. The van der Waals surface area contributed by atoms with Gasteiger partial charge >= 0.3 is 5.97 Å². The summed E-state index contributed by atoms with van der Waals surface area (Å²) in [4.78, 5) is 18.5. The molecule has 0 radical (unpaired) electrons. The van der Waals surface area contributed by atoms with Crippen LogP contribution in [0.5, 0.6) is 0 Å². The quantitative estimate of drug-likeness (QED) is 0.838. The zero-order chi connectivity index (χ0) is 15.0. The van der Waals surface area contributed by atoms with Gasteiger partial charge in [0.25, 0.3) is 0 Å². The van der Waals surface area contributed by atoms with Crippen LogP contribution < -0.4 is 0 Å². The number of ether oxygens (including phenoxy) is 2. The fraction of sp³-hybridized carbons (Fsp3) is 0.786. The predicted octanol–water partition coefficient (Wildman–Crippen LogP) is 1.01. The number of rotatable bonds is 3. The number of aromatic amines is 1. The Morgan fingerprint density at radius 2 is 2.24 bits per heavy atom. The average molecular weight is 294 g/mol. The molecule has 3 heterocycles. The highest BCUT2D eigenvalue weighted by Gasteiger charge is 2.39. The fourth-order valence-corrected chi connectivity index (χ4v) is 2.84. The van der Waals surface area contributed by atoms with E-state index in [1.165, 1.54) is 0 Å². The molecule has 0 spiro atoms. The summed E-state index contributed by atoms with van der Waals surface area (Å²) in [6, 6.07) is -0.154. The van der Waals surface area contributed by atoms with Gasteiger partial charge in [-0.3, -0.25) is 14.8 Å². The molecule has 2 aliphatic rings. The van der Waals surface area contributed by atoms with Crippen LogP contribution in [-0.4, -0.2) is 57.9 Å². The van der Waals surface area contributed by atoms with Gasteiger partial charge < -0.3 is 9.47 Å². The largest absolute Gasteiger partial charge is 0.461 e. The molecule has 0 unspecified atom stereocenters. The third kappa shape index (κ3) is 2.94. The van der Waals surface area contributed by atoms with Crippen molar-refractivity contribution in [3.05, 3.63) is 11.6 Å². The Hall–Kier alpha value is -1.47. The Balaban J connectivity index is 1.69. The van der Waals surface area contributed by atoms with Crippen LogP contribution in [0.3, 0.4) is 0 Å². The highest BCUT2D eigenvalue weighted by molar-refractivity contribution is 5.78. The van der Waals surface area contributed by atoms with E-state index < -0.39 is 0 Å². The third-order valence-electron chi connectivity index (χ3n) is 4.02. The molecule has 7 heteroatoms. The fourth-order valence-electron chi connectivity index (χ4n) is 2.84. The maximum absolute atomic E-state index is 11.9. The van der Waals surface area contributed by atoms with Crippen LogP contribution in [0.25, 0.3) is 0 Å². The zero-order valence-corrected chi connectivity index (χ0v) is 12.7. The number of nitrogens with zero attached hydrogens (tertiary/aromatic N) is 3. The van der Waals surface area contributed by atoms with Crippen LogP contribution in [0.4, 0.5) is 0 Å². The summed E-state index contributed by atoms with van der Waals surface area (Å²) in [5.74, 6) is 1.69. The lowest BCUT2D eigenvalue weighted by Crippen LogP contribution is -2.46.